The van der Waals surface area contributed by atoms with Crippen LogP contribution in [0.1, 0.15) is 37.7 Å². The lowest BCUT2D eigenvalue weighted by Gasteiger charge is -2.23. The Morgan fingerprint density at radius 2 is 2.00 bits per heavy atom. The van der Waals surface area contributed by atoms with Gasteiger partial charge in [0.2, 0.25) is 15.9 Å². The van der Waals surface area contributed by atoms with E-state index in [1.165, 1.54) is 37.5 Å². The molecule has 23 heavy (non-hydrogen) atoms. The minimum absolute atomic E-state index is 0.182. The predicted octanol–water partition coefficient (Wildman–Crippen LogP) is 2.17. The molecule has 1 heterocycles. The van der Waals surface area contributed by atoms with Crippen molar-refractivity contribution in [2.45, 2.75) is 37.9 Å². The normalized spacial score (nSPS) is 20.3. The van der Waals surface area contributed by atoms with Crippen LogP contribution in [0.15, 0.2) is 18.2 Å². The second-order valence-electron chi connectivity index (χ2n) is 6.34. The second kappa shape index (κ2) is 6.47. The van der Waals surface area contributed by atoms with Crippen molar-refractivity contribution < 1.29 is 17.6 Å². The second-order valence-corrected chi connectivity index (χ2v) is 8.24. The molecule has 5 nitrogen and oxygen atoms in total. The van der Waals surface area contributed by atoms with Crippen LogP contribution in [0.3, 0.4) is 0 Å². The third-order valence-corrected chi connectivity index (χ3v) is 6.26. The number of hydrogen-bond acceptors (Lipinski definition) is 3. The van der Waals surface area contributed by atoms with Crippen molar-refractivity contribution in [1.82, 2.24) is 5.32 Å². The van der Waals surface area contributed by atoms with Gasteiger partial charge >= 0.3 is 0 Å². The summed E-state index contributed by atoms with van der Waals surface area (Å²) in [4.78, 5) is 12.1. The van der Waals surface area contributed by atoms with Crippen molar-refractivity contribution in [2.24, 2.45) is 5.92 Å². The minimum atomic E-state index is -3.60. The lowest BCUT2D eigenvalue weighted by molar-refractivity contribution is -0.119. The molecule has 1 aromatic carbocycles. The molecule has 1 amide bonds. The fourth-order valence-corrected chi connectivity index (χ4v) is 4.91. The van der Waals surface area contributed by atoms with Crippen LogP contribution in [-0.4, -0.2) is 27.4 Å². The van der Waals surface area contributed by atoms with Crippen LogP contribution in [0.5, 0.6) is 0 Å². The van der Waals surface area contributed by atoms with E-state index in [2.05, 4.69) is 5.32 Å². The van der Waals surface area contributed by atoms with E-state index in [0.717, 1.165) is 17.1 Å². The van der Waals surface area contributed by atoms with Crippen LogP contribution < -0.4 is 9.62 Å². The molecule has 0 unspecified atom stereocenters. The summed E-state index contributed by atoms with van der Waals surface area (Å²) in [7, 11) is -3.60. The summed E-state index contributed by atoms with van der Waals surface area (Å²) in [5.74, 6) is -0.546. The molecule has 0 aromatic heterocycles. The Morgan fingerprint density at radius 1 is 1.26 bits per heavy atom. The summed E-state index contributed by atoms with van der Waals surface area (Å²) in [6.45, 7) is 0.300. The number of hydrogen-bond donors (Lipinski definition) is 1. The summed E-state index contributed by atoms with van der Waals surface area (Å²) in [6.07, 6.45) is 5.84. The highest BCUT2D eigenvalue weighted by Crippen LogP contribution is 2.33. The van der Waals surface area contributed by atoms with E-state index < -0.39 is 15.8 Å². The minimum Gasteiger partial charge on any atom is -0.354 e. The number of sulfonamides is 1. The molecule has 1 aliphatic carbocycles. The van der Waals surface area contributed by atoms with Crippen LogP contribution in [0.25, 0.3) is 0 Å². The molecule has 7 heteroatoms. The van der Waals surface area contributed by atoms with Crippen LogP contribution in [0.2, 0.25) is 0 Å². The molecule has 126 valence electrons. The molecule has 0 radical (unpaired) electrons. The van der Waals surface area contributed by atoms with Crippen molar-refractivity contribution in [3.8, 4) is 0 Å². The molecule has 0 spiro atoms. The van der Waals surface area contributed by atoms with Crippen LogP contribution in [0.4, 0.5) is 10.1 Å². The maximum absolute atomic E-state index is 13.4. The summed E-state index contributed by atoms with van der Waals surface area (Å²) in [5.41, 5.74) is 0.810. The van der Waals surface area contributed by atoms with Gasteiger partial charge in [0, 0.05) is 6.54 Å². The fraction of sp³-hybridized carbons (Fsp3) is 0.562. The van der Waals surface area contributed by atoms with Gasteiger partial charge in [-0.05, 0) is 36.5 Å². The highest BCUT2D eigenvalue weighted by Gasteiger charge is 2.34. The number of carbonyl (C=O) groups excluding carboxylic acids is 1. The fourth-order valence-electron chi connectivity index (χ4n) is 3.33. The van der Waals surface area contributed by atoms with Crippen molar-refractivity contribution in [3.05, 3.63) is 29.6 Å². The summed E-state index contributed by atoms with van der Waals surface area (Å²) >= 11 is 0. The van der Waals surface area contributed by atoms with Gasteiger partial charge in [-0.1, -0.05) is 25.3 Å². The molecule has 2 aliphatic rings. The Kier molecular flexibility index (Phi) is 4.57. The Labute approximate surface area is 135 Å². The van der Waals surface area contributed by atoms with Gasteiger partial charge in [0.05, 0.1) is 11.4 Å². The topological polar surface area (TPSA) is 66.5 Å². The summed E-state index contributed by atoms with van der Waals surface area (Å²) < 4.78 is 38.8. The summed E-state index contributed by atoms with van der Waals surface area (Å²) in [5, 5.41) is 2.82. The molecule has 1 N–H and O–H groups in total. The molecular formula is C16H21FN2O3S. The molecule has 1 saturated carbocycles. The number of anilines is 1. The molecule has 1 aliphatic heterocycles. The number of benzene rings is 1. The van der Waals surface area contributed by atoms with Gasteiger partial charge in [0.1, 0.15) is 12.4 Å². The molecule has 1 fully saturated rings. The Hall–Kier alpha value is -1.63. The molecule has 3 rings (SSSR count). The summed E-state index contributed by atoms with van der Waals surface area (Å²) in [6, 6.07) is 3.87. The van der Waals surface area contributed by atoms with Crippen LogP contribution in [0, 0.1) is 11.7 Å². The number of halogens is 1. The smallest absolute Gasteiger partial charge is 0.240 e. The lowest BCUT2D eigenvalue weighted by atomic mass is 9.89. The van der Waals surface area contributed by atoms with E-state index in [1.54, 1.807) is 0 Å². The molecule has 0 bridgehead atoms. The van der Waals surface area contributed by atoms with Gasteiger partial charge in [-0.2, -0.15) is 0 Å². The SMILES string of the molecule is O=C(CN1c2cc(F)ccc2CS1(=O)=O)NCC1CCCCC1. The van der Waals surface area contributed by atoms with Crippen LogP contribution in [-0.2, 0) is 20.6 Å². The average molecular weight is 340 g/mol. The Morgan fingerprint density at radius 3 is 2.74 bits per heavy atom. The zero-order valence-corrected chi connectivity index (χ0v) is 13.7. The van der Waals surface area contributed by atoms with E-state index in [1.807, 2.05) is 0 Å². The zero-order chi connectivity index (χ0) is 16.4. The van der Waals surface area contributed by atoms with Crippen molar-refractivity contribution >= 4 is 21.6 Å². The number of rotatable bonds is 4. The molecule has 0 atom stereocenters. The molecule has 0 saturated heterocycles. The molecular weight excluding hydrogens is 319 g/mol. The van der Waals surface area contributed by atoms with E-state index in [4.69, 9.17) is 0 Å². The highest BCUT2D eigenvalue weighted by atomic mass is 32.2. The molecule has 1 aromatic rings. The third kappa shape index (κ3) is 3.65. The van der Waals surface area contributed by atoms with Gasteiger partial charge in [0.25, 0.3) is 0 Å². The third-order valence-electron chi connectivity index (χ3n) is 4.59. The van der Waals surface area contributed by atoms with Gasteiger partial charge in [0.15, 0.2) is 0 Å². The number of nitrogens with zero attached hydrogens (tertiary/aromatic N) is 1. The number of amides is 1. The maximum Gasteiger partial charge on any atom is 0.240 e. The van der Waals surface area contributed by atoms with Gasteiger partial charge in [-0.3, -0.25) is 9.10 Å². The van der Waals surface area contributed by atoms with E-state index >= 15 is 0 Å². The number of carbonyl (C=O) groups is 1. The maximum atomic E-state index is 13.4. The zero-order valence-electron chi connectivity index (χ0n) is 12.9. The first-order chi connectivity index (χ1) is 11.0. The number of fused-ring (bicyclic) bond motifs is 1. The van der Waals surface area contributed by atoms with Gasteiger partial charge in [-0.25, -0.2) is 12.8 Å². The Bertz CT molecular complexity index is 699. The largest absolute Gasteiger partial charge is 0.354 e. The number of nitrogens with one attached hydrogen (secondary N) is 1. The monoisotopic (exact) mass is 340 g/mol. The predicted molar refractivity (Wildman–Crippen MR) is 86.0 cm³/mol. The van der Waals surface area contributed by atoms with Gasteiger partial charge < -0.3 is 5.32 Å². The van der Waals surface area contributed by atoms with Crippen LogP contribution >= 0.6 is 0 Å². The van der Waals surface area contributed by atoms with Crippen molar-refractivity contribution in [3.63, 3.8) is 0 Å². The highest BCUT2D eigenvalue weighted by molar-refractivity contribution is 7.92. The average Bonchev–Trinajstić information content (AvgIpc) is 2.77. The van der Waals surface area contributed by atoms with E-state index in [-0.39, 0.29) is 23.9 Å². The Balaban J connectivity index is 1.64. The quantitative estimate of drug-likeness (QED) is 0.913. The van der Waals surface area contributed by atoms with E-state index in [9.17, 15) is 17.6 Å². The first-order valence-electron chi connectivity index (χ1n) is 8.01. The first-order valence-corrected chi connectivity index (χ1v) is 9.62. The standard InChI is InChI=1S/C16H21FN2O3S/c17-14-7-6-13-11-23(21,22)19(15(13)8-14)10-16(20)18-9-12-4-2-1-3-5-12/h6-8,12H,1-5,9-11H2,(H,18,20). The van der Waals surface area contributed by atoms with Crippen molar-refractivity contribution in [1.29, 1.82) is 0 Å². The van der Waals surface area contributed by atoms with E-state index in [0.29, 0.717) is 18.0 Å². The van der Waals surface area contributed by atoms with Gasteiger partial charge in [-0.15, -0.1) is 0 Å². The lowest BCUT2D eigenvalue weighted by Crippen LogP contribution is -2.40. The van der Waals surface area contributed by atoms with Crippen molar-refractivity contribution in [2.75, 3.05) is 17.4 Å². The first kappa shape index (κ1) is 16.2.